The van der Waals surface area contributed by atoms with E-state index in [0.29, 0.717) is 11.5 Å². The largest absolute Gasteiger partial charge is 0.329 e. The Morgan fingerprint density at radius 2 is 2.05 bits per heavy atom. The van der Waals surface area contributed by atoms with Crippen LogP contribution in [-0.2, 0) is 0 Å². The normalized spacial score (nSPS) is 28.5. The van der Waals surface area contributed by atoms with Gasteiger partial charge in [0.15, 0.2) is 0 Å². The lowest BCUT2D eigenvalue weighted by Gasteiger charge is -2.56. The molecule has 0 radical (unpaired) electrons. The van der Waals surface area contributed by atoms with E-state index in [1.165, 1.54) is 30.6 Å². The molecule has 3 heteroatoms. The van der Waals surface area contributed by atoms with Gasteiger partial charge in [0, 0.05) is 23.0 Å². The number of thiophene rings is 1. The molecule has 0 aromatic carbocycles. The molecular formula is C16H28N2S. The molecule has 2 nitrogen and oxygen atoms in total. The minimum Gasteiger partial charge on any atom is -0.329 e. The zero-order chi connectivity index (χ0) is 14.1. The second-order valence-corrected chi connectivity index (χ2v) is 7.61. The molecule has 108 valence electrons. The van der Waals surface area contributed by atoms with Gasteiger partial charge in [-0.25, -0.2) is 0 Å². The van der Waals surface area contributed by atoms with Crippen molar-refractivity contribution in [1.29, 1.82) is 0 Å². The predicted molar refractivity (Wildman–Crippen MR) is 84.5 cm³/mol. The fourth-order valence-corrected chi connectivity index (χ4v) is 4.65. The van der Waals surface area contributed by atoms with Crippen LogP contribution in [0.4, 0.5) is 0 Å². The summed E-state index contributed by atoms with van der Waals surface area (Å²) in [4.78, 5) is 3.99. The van der Waals surface area contributed by atoms with Gasteiger partial charge in [-0.15, -0.1) is 11.3 Å². The highest BCUT2D eigenvalue weighted by molar-refractivity contribution is 7.10. The first-order valence-corrected chi connectivity index (χ1v) is 8.29. The lowest BCUT2D eigenvalue weighted by Crippen LogP contribution is -2.62. The molecule has 1 heterocycles. The van der Waals surface area contributed by atoms with Gasteiger partial charge in [0.2, 0.25) is 0 Å². The van der Waals surface area contributed by atoms with E-state index in [0.717, 1.165) is 6.54 Å². The molecular weight excluding hydrogens is 252 g/mol. The summed E-state index contributed by atoms with van der Waals surface area (Å²) in [5.74, 6) is 0. The van der Waals surface area contributed by atoms with Crippen LogP contribution in [0.2, 0.25) is 0 Å². The zero-order valence-electron chi connectivity index (χ0n) is 12.8. The number of nitrogens with two attached hydrogens (primary N) is 1. The average molecular weight is 280 g/mol. The summed E-state index contributed by atoms with van der Waals surface area (Å²) < 4.78 is 0. The van der Waals surface area contributed by atoms with E-state index in [2.05, 4.69) is 50.2 Å². The molecule has 1 aliphatic rings. The zero-order valence-corrected chi connectivity index (χ0v) is 13.6. The molecule has 0 aliphatic heterocycles. The van der Waals surface area contributed by atoms with Gasteiger partial charge >= 0.3 is 0 Å². The first-order chi connectivity index (χ1) is 8.94. The Bertz CT molecular complexity index is 399. The number of hydrogen-bond acceptors (Lipinski definition) is 3. The van der Waals surface area contributed by atoms with Crippen LogP contribution in [0.1, 0.15) is 57.4 Å². The number of nitrogens with zero attached hydrogens (tertiary/aromatic N) is 1. The van der Waals surface area contributed by atoms with Crippen molar-refractivity contribution in [2.45, 2.75) is 58.0 Å². The van der Waals surface area contributed by atoms with Crippen molar-refractivity contribution in [2.24, 2.45) is 11.1 Å². The maximum absolute atomic E-state index is 6.27. The van der Waals surface area contributed by atoms with Gasteiger partial charge in [-0.05, 0) is 43.7 Å². The second-order valence-electron chi connectivity index (χ2n) is 6.63. The lowest BCUT2D eigenvalue weighted by molar-refractivity contribution is -0.0484. The molecule has 1 aromatic heterocycles. The van der Waals surface area contributed by atoms with Crippen LogP contribution in [0, 0.1) is 5.41 Å². The van der Waals surface area contributed by atoms with E-state index >= 15 is 0 Å². The van der Waals surface area contributed by atoms with Crippen LogP contribution in [0.3, 0.4) is 0 Å². The van der Waals surface area contributed by atoms with E-state index in [9.17, 15) is 0 Å². The molecule has 1 fully saturated rings. The van der Waals surface area contributed by atoms with Gasteiger partial charge in [0.05, 0.1) is 0 Å². The summed E-state index contributed by atoms with van der Waals surface area (Å²) >= 11 is 1.85. The van der Waals surface area contributed by atoms with Gasteiger partial charge < -0.3 is 5.73 Å². The van der Waals surface area contributed by atoms with Crippen LogP contribution in [0.25, 0.3) is 0 Å². The summed E-state index contributed by atoms with van der Waals surface area (Å²) in [6, 6.07) is 4.83. The molecule has 2 N–H and O–H groups in total. The Labute approximate surface area is 122 Å². The maximum atomic E-state index is 6.27. The summed E-state index contributed by atoms with van der Waals surface area (Å²) in [6.07, 6.45) is 5.16. The van der Waals surface area contributed by atoms with Gasteiger partial charge in [-0.3, -0.25) is 4.90 Å². The summed E-state index contributed by atoms with van der Waals surface area (Å²) in [6.45, 7) is 7.87. The quantitative estimate of drug-likeness (QED) is 0.902. The highest BCUT2D eigenvalue weighted by Gasteiger charge is 2.49. The third-order valence-corrected chi connectivity index (χ3v) is 6.49. The van der Waals surface area contributed by atoms with E-state index in [1.807, 2.05) is 11.3 Å². The highest BCUT2D eigenvalue weighted by atomic mass is 32.1. The third kappa shape index (κ3) is 2.48. The van der Waals surface area contributed by atoms with Crippen LogP contribution in [0.15, 0.2) is 17.5 Å². The van der Waals surface area contributed by atoms with Crippen molar-refractivity contribution < 1.29 is 0 Å². The smallest absolute Gasteiger partial charge is 0.0416 e. The van der Waals surface area contributed by atoms with Crippen molar-refractivity contribution in [1.82, 2.24) is 4.90 Å². The Morgan fingerprint density at radius 3 is 2.58 bits per heavy atom. The Hall–Kier alpha value is -0.380. The Morgan fingerprint density at radius 1 is 1.37 bits per heavy atom. The third-order valence-electron chi connectivity index (χ3n) is 5.45. The van der Waals surface area contributed by atoms with Crippen LogP contribution in [-0.4, -0.2) is 24.0 Å². The van der Waals surface area contributed by atoms with Crippen LogP contribution >= 0.6 is 11.3 Å². The Kier molecular flexibility index (Phi) is 4.38. The summed E-state index contributed by atoms with van der Waals surface area (Å²) in [5.41, 5.74) is 6.69. The van der Waals surface area contributed by atoms with Crippen LogP contribution in [0.5, 0.6) is 0 Å². The molecule has 0 saturated heterocycles. The van der Waals surface area contributed by atoms with Gasteiger partial charge in [0.25, 0.3) is 0 Å². The van der Waals surface area contributed by atoms with E-state index in [1.54, 1.807) is 0 Å². The predicted octanol–water partition coefficient (Wildman–Crippen LogP) is 4.04. The van der Waals surface area contributed by atoms with E-state index < -0.39 is 0 Å². The second kappa shape index (κ2) is 5.55. The molecule has 2 atom stereocenters. The molecule has 1 aromatic rings. The number of hydrogen-bond donors (Lipinski definition) is 1. The van der Waals surface area contributed by atoms with Crippen molar-refractivity contribution >= 4 is 11.3 Å². The van der Waals surface area contributed by atoms with E-state index in [-0.39, 0.29) is 5.54 Å². The minimum atomic E-state index is 0.134. The number of likely N-dealkylation sites (N-methyl/N-ethyl adjacent to an activating group) is 1. The molecule has 1 aliphatic carbocycles. The SMILES string of the molecule is CC(c1cccs1)N(C)C1(CN)CCCCC1(C)C. The molecule has 19 heavy (non-hydrogen) atoms. The fraction of sp³-hybridized carbons (Fsp3) is 0.750. The fourth-order valence-electron chi connectivity index (χ4n) is 3.82. The standard InChI is InChI=1S/C16H28N2S/c1-13(14-8-7-11-19-14)18(4)16(12-17)10-6-5-9-15(16,2)3/h7-8,11,13H,5-6,9-10,12,17H2,1-4H3. The maximum Gasteiger partial charge on any atom is 0.0416 e. The minimum absolute atomic E-state index is 0.134. The molecule has 0 bridgehead atoms. The summed E-state index contributed by atoms with van der Waals surface area (Å²) in [5, 5.41) is 2.17. The molecule has 2 rings (SSSR count). The van der Waals surface area contributed by atoms with Gasteiger partial charge in [-0.1, -0.05) is 32.8 Å². The highest BCUT2D eigenvalue weighted by Crippen LogP contribution is 2.49. The molecule has 0 amide bonds. The molecule has 1 saturated carbocycles. The molecule has 2 unspecified atom stereocenters. The first-order valence-electron chi connectivity index (χ1n) is 7.41. The van der Waals surface area contributed by atoms with Crippen molar-refractivity contribution in [3.05, 3.63) is 22.4 Å². The van der Waals surface area contributed by atoms with Gasteiger partial charge in [-0.2, -0.15) is 0 Å². The Balaban J connectivity index is 2.29. The van der Waals surface area contributed by atoms with E-state index in [4.69, 9.17) is 5.73 Å². The number of rotatable bonds is 4. The topological polar surface area (TPSA) is 29.3 Å². The van der Waals surface area contributed by atoms with Crippen LogP contribution < -0.4 is 5.73 Å². The monoisotopic (exact) mass is 280 g/mol. The van der Waals surface area contributed by atoms with Crippen molar-refractivity contribution in [2.75, 3.05) is 13.6 Å². The average Bonchev–Trinajstić information content (AvgIpc) is 2.91. The van der Waals surface area contributed by atoms with Crippen molar-refractivity contribution in [3.8, 4) is 0 Å². The summed E-state index contributed by atoms with van der Waals surface area (Å²) in [7, 11) is 2.27. The lowest BCUT2D eigenvalue weighted by atomic mass is 9.62. The first kappa shape index (κ1) is 15.0. The molecule has 0 spiro atoms. The van der Waals surface area contributed by atoms with Crippen molar-refractivity contribution in [3.63, 3.8) is 0 Å². The van der Waals surface area contributed by atoms with Gasteiger partial charge in [0.1, 0.15) is 0 Å².